The van der Waals surface area contributed by atoms with Crippen molar-refractivity contribution in [2.45, 2.75) is 26.2 Å². The second-order valence-electron chi connectivity index (χ2n) is 12.2. The standard InChI is InChI=1S/C40H31NOS/c1-40(2,3)34-16-9-14-31-32-15-10-17-35(39(32)42-38(31)34)41(28-21-19-27(20-22-28)26-11-5-4-6-12-26)29-23-24-37-33(25-29)30-13-7-8-18-36(30)43-37/h4-25H,1-3H3. The molecule has 0 spiro atoms. The van der Waals surface area contributed by atoms with Crippen molar-refractivity contribution in [2.75, 3.05) is 4.90 Å². The minimum atomic E-state index is -0.0362. The van der Waals surface area contributed by atoms with E-state index in [-0.39, 0.29) is 5.41 Å². The highest BCUT2D eigenvalue weighted by atomic mass is 32.1. The molecule has 0 N–H and O–H groups in total. The van der Waals surface area contributed by atoms with E-state index in [0.29, 0.717) is 0 Å². The maximum absolute atomic E-state index is 6.86. The zero-order valence-electron chi connectivity index (χ0n) is 24.5. The molecule has 0 aliphatic rings. The van der Waals surface area contributed by atoms with Crippen LogP contribution in [0.2, 0.25) is 0 Å². The minimum Gasteiger partial charge on any atom is -0.454 e. The molecule has 2 heterocycles. The first-order valence-electron chi connectivity index (χ1n) is 14.8. The molecule has 0 radical (unpaired) electrons. The van der Waals surface area contributed by atoms with Gasteiger partial charge in [-0.2, -0.15) is 0 Å². The van der Waals surface area contributed by atoms with E-state index in [1.807, 2.05) is 11.3 Å². The number of nitrogens with zero attached hydrogens (tertiary/aromatic N) is 1. The van der Waals surface area contributed by atoms with Gasteiger partial charge in [-0.05, 0) is 59.0 Å². The number of anilines is 3. The normalized spacial score (nSPS) is 12.1. The molecule has 0 saturated carbocycles. The zero-order chi connectivity index (χ0) is 29.1. The SMILES string of the molecule is CC(C)(C)c1cccc2c1oc1c(N(c3ccc(-c4ccccc4)cc3)c3ccc4sc5ccccc5c4c3)cccc12. The summed E-state index contributed by atoms with van der Waals surface area (Å²) in [7, 11) is 0. The van der Waals surface area contributed by atoms with E-state index in [1.165, 1.54) is 36.9 Å². The number of fused-ring (bicyclic) bond motifs is 6. The lowest BCUT2D eigenvalue weighted by Gasteiger charge is -2.26. The highest BCUT2D eigenvalue weighted by Crippen LogP contribution is 2.45. The van der Waals surface area contributed by atoms with Crippen LogP contribution in [-0.2, 0) is 5.41 Å². The molecule has 6 aromatic carbocycles. The van der Waals surface area contributed by atoms with E-state index < -0.39 is 0 Å². The number of thiophene rings is 1. The Hall–Kier alpha value is -4.86. The third-order valence-corrected chi connectivity index (χ3v) is 9.56. The molecule has 3 heteroatoms. The van der Waals surface area contributed by atoms with Crippen LogP contribution in [0.5, 0.6) is 0 Å². The summed E-state index contributed by atoms with van der Waals surface area (Å²) in [5.41, 5.74) is 8.67. The Labute approximate surface area is 255 Å². The Morgan fingerprint density at radius 3 is 1.93 bits per heavy atom. The van der Waals surface area contributed by atoms with Gasteiger partial charge in [-0.1, -0.05) is 112 Å². The number of para-hydroxylation sites is 2. The van der Waals surface area contributed by atoms with Crippen LogP contribution < -0.4 is 4.90 Å². The van der Waals surface area contributed by atoms with Gasteiger partial charge >= 0.3 is 0 Å². The molecule has 0 aliphatic heterocycles. The molecule has 208 valence electrons. The van der Waals surface area contributed by atoms with Crippen molar-refractivity contribution < 1.29 is 4.42 Å². The lowest BCUT2D eigenvalue weighted by Crippen LogP contribution is -2.11. The van der Waals surface area contributed by atoms with Crippen molar-refractivity contribution in [3.05, 3.63) is 139 Å². The van der Waals surface area contributed by atoms with E-state index in [2.05, 4.69) is 159 Å². The van der Waals surface area contributed by atoms with Gasteiger partial charge in [-0.15, -0.1) is 11.3 Å². The fourth-order valence-corrected chi connectivity index (χ4v) is 7.37. The van der Waals surface area contributed by atoms with Crippen molar-refractivity contribution >= 4 is 70.5 Å². The summed E-state index contributed by atoms with van der Waals surface area (Å²) in [5, 5.41) is 4.85. The molecular formula is C40H31NOS. The smallest absolute Gasteiger partial charge is 0.159 e. The van der Waals surface area contributed by atoms with Gasteiger partial charge in [0.2, 0.25) is 0 Å². The molecule has 8 rings (SSSR count). The van der Waals surface area contributed by atoms with Crippen molar-refractivity contribution in [2.24, 2.45) is 0 Å². The Morgan fingerprint density at radius 2 is 1.14 bits per heavy atom. The Morgan fingerprint density at radius 1 is 0.512 bits per heavy atom. The largest absolute Gasteiger partial charge is 0.454 e. The Balaban J connectivity index is 1.38. The quantitative estimate of drug-likeness (QED) is 0.208. The lowest BCUT2D eigenvalue weighted by atomic mass is 9.86. The van der Waals surface area contributed by atoms with Gasteiger partial charge in [0, 0.05) is 47.9 Å². The molecule has 2 nitrogen and oxygen atoms in total. The van der Waals surface area contributed by atoms with Crippen LogP contribution in [0.4, 0.5) is 17.1 Å². The highest BCUT2D eigenvalue weighted by Gasteiger charge is 2.24. The summed E-state index contributed by atoms with van der Waals surface area (Å²) in [6.07, 6.45) is 0. The molecule has 0 saturated heterocycles. The molecule has 8 aromatic rings. The summed E-state index contributed by atoms with van der Waals surface area (Å²) in [5.74, 6) is 0. The third kappa shape index (κ3) is 4.31. The number of hydrogen-bond acceptors (Lipinski definition) is 3. The van der Waals surface area contributed by atoms with E-state index in [1.54, 1.807) is 0 Å². The van der Waals surface area contributed by atoms with E-state index in [0.717, 1.165) is 39.0 Å². The maximum Gasteiger partial charge on any atom is 0.159 e. The number of benzene rings is 6. The molecule has 2 aromatic heterocycles. The zero-order valence-corrected chi connectivity index (χ0v) is 25.3. The summed E-state index contributed by atoms with van der Waals surface area (Å²) in [4.78, 5) is 2.35. The average molecular weight is 574 g/mol. The highest BCUT2D eigenvalue weighted by molar-refractivity contribution is 7.25. The summed E-state index contributed by atoms with van der Waals surface area (Å²) < 4.78 is 9.46. The number of rotatable bonds is 4. The summed E-state index contributed by atoms with van der Waals surface area (Å²) in [6.45, 7) is 6.74. The average Bonchev–Trinajstić information content (AvgIpc) is 3.60. The summed E-state index contributed by atoms with van der Waals surface area (Å²) >= 11 is 1.85. The Bertz CT molecular complexity index is 2270. The molecule has 0 unspecified atom stereocenters. The van der Waals surface area contributed by atoms with Crippen molar-refractivity contribution in [1.82, 2.24) is 0 Å². The molecular weight excluding hydrogens is 543 g/mol. The lowest BCUT2D eigenvalue weighted by molar-refractivity contribution is 0.573. The van der Waals surface area contributed by atoms with Crippen LogP contribution in [0.1, 0.15) is 26.3 Å². The third-order valence-electron chi connectivity index (χ3n) is 8.40. The second-order valence-corrected chi connectivity index (χ2v) is 13.3. The second kappa shape index (κ2) is 9.86. The van der Waals surface area contributed by atoms with Gasteiger partial charge in [0.1, 0.15) is 5.58 Å². The predicted molar refractivity (Wildman–Crippen MR) is 185 cm³/mol. The molecule has 0 aliphatic carbocycles. The monoisotopic (exact) mass is 573 g/mol. The van der Waals surface area contributed by atoms with Crippen LogP contribution in [-0.4, -0.2) is 0 Å². The number of hydrogen-bond donors (Lipinski definition) is 0. The van der Waals surface area contributed by atoms with E-state index >= 15 is 0 Å². The van der Waals surface area contributed by atoms with Gasteiger partial charge in [-0.3, -0.25) is 0 Å². The molecule has 0 fully saturated rings. The van der Waals surface area contributed by atoms with E-state index in [9.17, 15) is 0 Å². The fourth-order valence-electron chi connectivity index (χ4n) is 6.29. The maximum atomic E-state index is 6.86. The van der Waals surface area contributed by atoms with Crippen LogP contribution in [0.3, 0.4) is 0 Å². The molecule has 0 bridgehead atoms. The molecule has 43 heavy (non-hydrogen) atoms. The minimum absolute atomic E-state index is 0.0362. The summed E-state index contributed by atoms with van der Waals surface area (Å²) in [6, 6.07) is 48.0. The fraction of sp³-hybridized carbons (Fsp3) is 0.100. The topological polar surface area (TPSA) is 16.4 Å². The van der Waals surface area contributed by atoms with Crippen LogP contribution in [0, 0.1) is 0 Å². The van der Waals surface area contributed by atoms with Gasteiger partial charge in [-0.25, -0.2) is 0 Å². The predicted octanol–water partition coefficient (Wildman–Crippen LogP) is 12.4. The van der Waals surface area contributed by atoms with Gasteiger partial charge in [0.25, 0.3) is 0 Å². The first-order chi connectivity index (χ1) is 21.0. The molecule has 0 amide bonds. The Kier molecular flexibility index (Phi) is 5.92. The van der Waals surface area contributed by atoms with Gasteiger partial charge in [0.15, 0.2) is 5.58 Å². The van der Waals surface area contributed by atoms with Crippen LogP contribution >= 0.6 is 11.3 Å². The van der Waals surface area contributed by atoms with E-state index in [4.69, 9.17) is 4.42 Å². The van der Waals surface area contributed by atoms with Crippen molar-refractivity contribution in [3.63, 3.8) is 0 Å². The van der Waals surface area contributed by atoms with Gasteiger partial charge < -0.3 is 9.32 Å². The number of furan rings is 1. The molecule has 0 atom stereocenters. The van der Waals surface area contributed by atoms with Crippen molar-refractivity contribution in [1.29, 1.82) is 0 Å². The van der Waals surface area contributed by atoms with Gasteiger partial charge in [0.05, 0.1) is 5.69 Å². The first-order valence-corrected chi connectivity index (χ1v) is 15.6. The van der Waals surface area contributed by atoms with Crippen LogP contribution in [0.15, 0.2) is 138 Å². The first kappa shape index (κ1) is 25.8. The van der Waals surface area contributed by atoms with Crippen LogP contribution in [0.25, 0.3) is 53.2 Å². The van der Waals surface area contributed by atoms with Crippen molar-refractivity contribution in [3.8, 4) is 11.1 Å².